The average molecular weight is 455 g/mol. The minimum absolute atomic E-state index is 0.238. The number of imidazole rings is 1. The van der Waals surface area contributed by atoms with E-state index in [1.807, 2.05) is 35.9 Å². The van der Waals surface area contributed by atoms with Crippen LogP contribution in [-0.4, -0.2) is 43.2 Å². The quantitative estimate of drug-likeness (QED) is 0.288. The number of aromatic nitrogens is 4. The normalized spacial score (nSPS) is 12.0. The Labute approximate surface area is 194 Å². The molecule has 0 saturated heterocycles. The van der Waals surface area contributed by atoms with Gasteiger partial charge in [0.2, 0.25) is 5.95 Å². The summed E-state index contributed by atoms with van der Waals surface area (Å²) in [5, 5.41) is 15.4. The van der Waals surface area contributed by atoms with Gasteiger partial charge in [0.25, 0.3) is 0 Å². The monoisotopic (exact) mass is 454 g/mol. The van der Waals surface area contributed by atoms with Crippen LogP contribution in [0.25, 0.3) is 11.2 Å². The highest BCUT2D eigenvalue weighted by atomic mass is 16.5. The van der Waals surface area contributed by atoms with Crippen LogP contribution in [0.3, 0.4) is 0 Å². The third-order valence-electron chi connectivity index (χ3n) is 5.34. The summed E-state index contributed by atoms with van der Waals surface area (Å²) in [5.74, 6) is 1.32. The summed E-state index contributed by atoms with van der Waals surface area (Å²) in [5.41, 5.74) is 2.39. The van der Waals surface area contributed by atoms with Gasteiger partial charge in [-0.05, 0) is 50.5 Å². The number of unbranched alkanes of at least 4 members (excludes halogenated alkanes) is 3. The number of nitrogens with zero attached hydrogens (tertiary/aromatic N) is 4. The largest absolute Gasteiger partial charge is 0.494 e. The molecule has 1 unspecified atom stereocenters. The molecule has 9 nitrogen and oxygen atoms in total. The molecule has 0 radical (unpaired) electrons. The van der Waals surface area contributed by atoms with Crippen LogP contribution in [0, 0.1) is 0 Å². The zero-order valence-electron chi connectivity index (χ0n) is 19.7. The summed E-state index contributed by atoms with van der Waals surface area (Å²) in [6.07, 6.45) is 7.63. The Kier molecular flexibility index (Phi) is 8.86. The van der Waals surface area contributed by atoms with Crippen molar-refractivity contribution in [1.29, 1.82) is 0 Å². The van der Waals surface area contributed by atoms with Crippen molar-refractivity contribution in [3.05, 3.63) is 30.6 Å². The molecule has 1 atom stereocenters. The lowest BCUT2D eigenvalue weighted by Crippen LogP contribution is -2.17. The van der Waals surface area contributed by atoms with Crippen LogP contribution in [0.4, 0.5) is 17.5 Å². The second-order valence-corrected chi connectivity index (χ2v) is 8.31. The molecule has 3 N–H and O–H groups in total. The van der Waals surface area contributed by atoms with Crippen LogP contribution in [0.15, 0.2) is 30.6 Å². The third kappa shape index (κ3) is 7.34. The Hall–Kier alpha value is -3.36. The maximum atomic E-state index is 10.5. The number of anilines is 3. The van der Waals surface area contributed by atoms with Gasteiger partial charge in [0.15, 0.2) is 11.5 Å². The highest BCUT2D eigenvalue weighted by Gasteiger charge is 2.14. The fraction of sp³-hybridized carbons (Fsp3) is 0.500. The van der Waals surface area contributed by atoms with Crippen molar-refractivity contribution in [3.8, 4) is 5.75 Å². The maximum absolute atomic E-state index is 10.5. The lowest BCUT2D eigenvalue weighted by Gasteiger charge is -2.16. The van der Waals surface area contributed by atoms with E-state index in [1.165, 1.54) is 0 Å². The molecular weight excluding hydrogens is 420 g/mol. The van der Waals surface area contributed by atoms with E-state index in [0.717, 1.165) is 61.3 Å². The predicted octanol–water partition coefficient (Wildman–Crippen LogP) is 5.12. The topological polar surface area (TPSA) is 114 Å². The predicted molar refractivity (Wildman–Crippen MR) is 130 cm³/mol. The number of aliphatic carboxylic acids is 1. The van der Waals surface area contributed by atoms with E-state index in [-0.39, 0.29) is 6.42 Å². The summed E-state index contributed by atoms with van der Waals surface area (Å²) in [7, 11) is 1.94. The Morgan fingerprint density at radius 2 is 1.91 bits per heavy atom. The summed E-state index contributed by atoms with van der Waals surface area (Å²) in [4.78, 5) is 24.2. The molecule has 0 aliphatic rings. The Balaban J connectivity index is 1.57. The smallest absolute Gasteiger partial charge is 0.303 e. The molecule has 0 fully saturated rings. The Morgan fingerprint density at radius 1 is 1.15 bits per heavy atom. The van der Waals surface area contributed by atoms with Crippen LogP contribution in [0.5, 0.6) is 5.75 Å². The number of carbonyl (C=O) groups is 1. The number of benzene rings is 1. The fourth-order valence-electron chi connectivity index (χ4n) is 3.64. The van der Waals surface area contributed by atoms with Gasteiger partial charge in [-0.2, -0.15) is 9.97 Å². The lowest BCUT2D eigenvalue weighted by molar-refractivity contribution is -0.137. The first-order chi connectivity index (χ1) is 16.0. The fourth-order valence-corrected chi connectivity index (χ4v) is 3.64. The first kappa shape index (κ1) is 24.3. The molecule has 0 saturated carbocycles. The van der Waals surface area contributed by atoms with Crippen molar-refractivity contribution in [3.63, 3.8) is 0 Å². The maximum Gasteiger partial charge on any atom is 0.303 e. The zero-order valence-corrected chi connectivity index (χ0v) is 19.7. The molecule has 0 bridgehead atoms. The molecule has 0 spiro atoms. The molecule has 178 valence electrons. The minimum Gasteiger partial charge on any atom is -0.494 e. The van der Waals surface area contributed by atoms with E-state index in [2.05, 4.69) is 34.4 Å². The summed E-state index contributed by atoms with van der Waals surface area (Å²) in [6.45, 7) is 4.93. The molecule has 0 aliphatic heterocycles. The first-order valence-electron chi connectivity index (χ1n) is 11.6. The summed E-state index contributed by atoms with van der Waals surface area (Å²) in [6, 6.07) is 7.98. The second-order valence-electron chi connectivity index (χ2n) is 8.31. The SMILES string of the molecule is CCCC(C)Nc1nc(Nc2ccc(OCCCCCCC(=O)O)cc2)nc2ncn(C)c12. The third-order valence-corrected chi connectivity index (χ3v) is 5.34. The van der Waals surface area contributed by atoms with Crippen molar-refractivity contribution >= 4 is 34.6 Å². The van der Waals surface area contributed by atoms with Gasteiger partial charge in [-0.1, -0.05) is 26.2 Å². The van der Waals surface area contributed by atoms with Gasteiger partial charge < -0.3 is 25.0 Å². The number of nitrogens with one attached hydrogen (secondary N) is 2. The van der Waals surface area contributed by atoms with Crippen LogP contribution < -0.4 is 15.4 Å². The number of hydrogen-bond acceptors (Lipinski definition) is 7. The molecular formula is C24H34N6O3. The molecule has 2 aromatic heterocycles. The number of hydrogen-bond donors (Lipinski definition) is 3. The van der Waals surface area contributed by atoms with Crippen molar-refractivity contribution in [2.45, 2.75) is 64.8 Å². The minimum atomic E-state index is -0.733. The van der Waals surface area contributed by atoms with Crippen LogP contribution in [0.2, 0.25) is 0 Å². The number of ether oxygens (including phenoxy) is 1. The number of rotatable bonds is 14. The van der Waals surface area contributed by atoms with Crippen molar-refractivity contribution < 1.29 is 14.6 Å². The van der Waals surface area contributed by atoms with Gasteiger partial charge >= 0.3 is 5.97 Å². The van der Waals surface area contributed by atoms with Crippen LogP contribution >= 0.6 is 0 Å². The number of aryl methyl sites for hydroxylation is 1. The van der Waals surface area contributed by atoms with Crippen molar-refractivity contribution in [2.24, 2.45) is 7.05 Å². The van der Waals surface area contributed by atoms with E-state index in [9.17, 15) is 4.79 Å². The van der Waals surface area contributed by atoms with Crippen molar-refractivity contribution in [2.75, 3.05) is 17.2 Å². The Bertz CT molecular complexity index is 1030. The lowest BCUT2D eigenvalue weighted by atomic mass is 10.1. The van der Waals surface area contributed by atoms with E-state index in [0.29, 0.717) is 24.2 Å². The van der Waals surface area contributed by atoms with E-state index >= 15 is 0 Å². The van der Waals surface area contributed by atoms with Gasteiger partial charge in [-0.3, -0.25) is 4.79 Å². The number of carboxylic acid groups (broad SMARTS) is 1. The van der Waals surface area contributed by atoms with Gasteiger partial charge in [0.05, 0.1) is 12.9 Å². The first-order valence-corrected chi connectivity index (χ1v) is 11.6. The molecule has 0 aliphatic carbocycles. The van der Waals surface area contributed by atoms with Crippen LogP contribution in [0.1, 0.15) is 58.8 Å². The molecule has 3 rings (SSSR count). The molecule has 1 aromatic carbocycles. The van der Waals surface area contributed by atoms with Gasteiger partial charge in [0.1, 0.15) is 11.3 Å². The van der Waals surface area contributed by atoms with Crippen LogP contribution in [-0.2, 0) is 11.8 Å². The van der Waals surface area contributed by atoms with E-state index in [1.54, 1.807) is 6.33 Å². The zero-order chi connectivity index (χ0) is 23.6. The van der Waals surface area contributed by atoms with Gasteiger partial charge in [-0.25, -0.2) is 4.98 Å². The standard InChI is InChI=1S/C24H34N6O3/c1-4-9-17(2)26-23-21-22(25-16-30(21)3)28-24(29-23)27-18-11-13-19(14-12-18)33-15-8-6-5-7-10-20(31)32/h11-14,16-17H,4-10,15H2,1-3H3,(H,31,32)(H2,26,27,28,29). The number of fused-ring (bicyclic) bond motifs is 1. The molecule has 3 aromatic rings. The highest BCUT2D eigenvalue weighted by molar-refractivity contribution is 5.85. The molecule has 9 heteroatoms. The second kappa shape index (κ2) is 12.0. The summed E-state index contributed by atoms with van der Waals surface area (Å²) >= 11 is 0. The van der Waals surface area contributed by atoms with Gasteiger partial charge in [-0.15, -0.1) is 0 Å². The van der Waals surface area contributed by atoms with E-state index < -0.39 is 5.97 Å². The molecule has 0 amide bonds. The van der Waals surface area contributed by atoms with Crippen molar-refractivity contribution in [1.82, 2.24) is 19.5 Å². The summed E-state index contributed by atoms with van der Waals surface area (Å²) < 4.78 is 7.72. The Morgan fingerprint density at radius 3 is 2.64 bits per heavy atom. The molecule has 2 heterocycles. The number of carboxylic acids is 1. The average Bonchev–Trinajstić information content (AvgIpc) is 3.15. The van der Waals surface area contributed by atoms with Gasteiger partial charge in [0, 0.05) is 25.2 Å². The highest BCUT2D eigenvalue weighted by Crippen LogP contribution is 2.25. The molecule has 33 heavy (non-hydrogen) atoms. The van der Waals surface area contributed by atoms with E-state index in [4.69, 9.17) is 14.8 Å².